The van der Waals surface area contributed by atoms with Crippen LogP contribution in [0.25, 0.3) is 21.5 Å². The minimum atomic E-state index is -1.03. The molecule has 0 bridgehead atoms. The van der Waals surface area contributed by atoms with E-state index in [2.05, 4.69) is 15.3 Å². The Hall–Kier alpha value is -4.64. The number of aromatic nitrogens is 3. The molecule has 0 radical (unpaired) electrons. The first-order valence-electron chi connectivity index (χ1n) is 11.5. The fourth-order valence-electron chi connectivity index (χ4n) is 4.17. The smallest absolute Gasteiger partial charge is 0.263 e. The third kappa shape index (κ3) is 5.78. The van der Waals surface area contributed by atoms with Crippen molar-refractivity contribution in [2.75, 3.05) is 0 Å². The molecule has 0 aliphatic heterocycles. The predicted octanol–water partition coefficient (Wildman–Crippen LogP) is 4.76. The number of nitrogens with zero attached hydrogens (tertiary/aromatic N) is 2. The number of benzene rings is 1. The molecule has 5 aromatic rings. The molecule has 0 fully saturated rings. The number of rotatable bonds is 8. The number of thiophene rings is 1. The summed E-state index contributed by atoms with van der Waals surface area (Å²) in [4.78, 5) is 47.0. The van der Waals surface area contributed by atoms with Gasteiger partial charge in [0.2, 0.25) is 5.91 Å². The first-order chi connectivity index (χ1) is 18.3. The molecule has 4 aromatic heterocycles. The van der Waals surface area contributed by atoms with Crippen molar-refractivity contribution >= 4 is 34.2 Å². The summed E-state index contributed by atoms with van der Waals surface area (Å²) in [6, 6.07) is 12.9. The highest BCUT2D eigenvalue weighted by Gasteiger charge is 2.23. The molecule has 200 valence electrons. The second-order valence-electron chi connectivity index (χ2n) is 8.60. The molecule has 2 amide bonds. The molecule has 0 spiro atoms. The molecular formula is C28H25F2N5O3S. The van der Waals surface area contributed by atoms with Crippen molar-refractivity contribution in [2.24, 2.45) is 5.73 Å². The zero-order valence-electron chi connectivity index (χ0n) is 19.8. The van der Waals surface area contributed by atoms with Crippen LogP contribution in [-0.2, 0) is 11.3 Å². The van der Waals surface area contributed by atoms with Crippen molar-refractivity contribution in [3.63, 3.8) is 0 Å². The number of fused-ring (bicyclic) bond motifs is 1. The molecule has 11 heteroatoms. The van der Waals surface area contributed by atoms with Gasteiger partial charge in [0.05, 0.1) is 19.0 Å². The molecule has 4 heterocycles. The van der Waals surface area contributed by atoms with Gasteiger partial charge in [0.1, 0.15) is 11.2 Å². The van der Waals surface area contributed by atoms with Gasteiger partial charge in [0, 0.05) is 39.3 Å². The Bertz CT molecular complexity index is 1730. The van der Waals surface area contributed by atoms with Gasteiger partial charge < -0.3 is 20.6 Å². The standard InChI is InChI=1S/C27H21F2N5O3S.CH4/c28-19-6-5-15(11-20(19)29)14-34-10-2-4-17(27(34)37)26(36)33-21(12-24(30)35)23-8-7-22(38-23)18-13-32-25-16(18)3-1-9-31-25;/h1-11,13,21H,12,14H2,(H2,30,35)(H,31,32)(H,33,36);1H4/t21-;/m1./s1. The fourth-order valence-corrected chi connectivity index (χ4v) is 5.26. The number of aromatic amines is 1. The van der Waals surface area contributed by atoms with Crippen LogP contribution in [0.3, 0.4) is 0 Å². The van der Waals surface area contributed by atoms with Gasteiger partial charge in [-0.05, 0) is 54.1 Å². The van der Waals surface area contributed by atoms with Gasteiger partial charge in [-0.25, -0.2) is 13.8 Å². The van der Waals surface area contributed by atoms with E-state index in [-0.39, 0.29) is 26.0 Å². The van der Waals surface area contributed by atoms with Crippen LogP contribution in [0.1, 0.15) is 40.7 Å². The molecule has 1 aromatic carbocycles. The van der Waals surface area contributed by atoms with Gasteiger partial charge in [-0.3, -0.25) is 14.4 Å². The minimum Gasteiger partial charge on any atom is -0.370 e. The van der Waals surface area contributed by atoms with Gasteiger partial charge in [-0.2, -0.15) is 0 Å². The van der Waals surface area contributed by atoms with Gasteiger partial charge in [-0.1, -0.05) is 13.5 Å². The maximum atomic E-state index is 13.6. The third-order valence-corrected chi connectivity index (χ3v) is 7.23. The van der Waals surface area contributed by atoms with Crippen molar-refractivity contribution in [2.45, 2.75) is 26.4 Å². The summed E-state index contributed by atoms with van der Waals surface area (Å²) in [6.07, 6.45) is 4.81. The zero-order valence-corrected chi connectivity index (χ0v) is 20.6. The number of carbonyl (C=O) groups is 2. The van der Waals surface area contributed by atoms with E-state index in [9.17, 15) is 23.2 Å². The van der Waals surface area contributed by atoms with Crippen LogP contribution in [-0.4, -0.2) is 26.3 Å². The lowest BCUT2D eigenvalue weighted by Gasteiger charge is -2.16. The van der Waals surface area contributed by atoms with Crippen molar-refractivity contribution in [3.8, 4) is 10.4 Å². The molecular weight excluding hydrogens is 524 g/mol. The Kier molecular flexibility index (Phi) is 8.01. The highest BCUT2D eigenvalue weighted by molar-refractivity contribution is 7.15. The lowest BCUT2D eigenvalue weighted by molar-refractivity contribution is -0.118. The molecule has 4 N–H and O–H groups in total. The molecule has 0 saturated heterocycles. The Morgan fingerprint density at radius 1 is 1.10 bits per heavy atom. The van der Waals surface area contributed by atoms with Crippen LogP contribution in [0, 0.1) is 11.6 Å². The molecule has 0 unspecified atom stereocenters. The number of hydrogen-bond donors (Lipinski definition) is 3. The van der Waals surface area contributed by atoms with E-state index >= 15 is 0 Å². The lowest BCUT2D eigenvalue weighted by atomic mass is 10.1. The van der Waals surface area contributed by atoms with E-state index in [0.717, 1.165) is 33.6 Å². The maximum Gasteiger partial charge on any atom is 0.263 e. The first-order valence-corrected chi connectivity index (χ1v) is 12.4. The Balaban J connectivity index is 0.00000353. The van der Waals surface area contributed by atoms with Gasteiger partial charge in [0.15, 0.2) is 11.6 Å². The summed E-state index contributed by atoms with van der Waals surface area (Å²) in [5.74, 6) is -3.33. The highest BCUT2D eigenvalue weighted by atomic mass is 32.1. The monoisotopic (exact) mass is 549 g/mol. The highest BCUT2D eigenvalue weighted by Crippen LogP contribution is 2.36. The Labute approximate surface area is 226 Å². The molecule has 0 aliphatic carbocycles. The Morgan fingerprint density at radius 3 is 2.69 bits per heavy atom. The molecule has 0 saturated carbocycles. The summed E-state index contributed by atoms with van der Waals surface area (Å²) >= 11 is 1.38. The van der Waals surface area contributed by atoms with Crippen LogP contribution in [0.5, 0.6) is 0 Å². The quantitative estimate of drug-likeness (QED) is 0.258. The van der Waals surface area contributed by atoms with Gasteiger partial charge in [0.25, 0.3) is 11.5 Å². The molecule has 1 atom stereocenters. The lowest BCUT2D eigenvalue weighted by Crippen LogP contribution is -2.36. The molecule has 0 aliphatic rings. The third-order valence-electron chi connectivity index (χ3n) is 6.00. The van der Waals surface area contributed by atoms with E-state index in [1.807, 2.05) is 24.4 Å². The zero-order chi connectivity index (χ0) is 26.8. The van der Waals surface area contributed by atoms with Gasteiger partial charge in [-0.15, -0.1) is 11.3 Å². The summed E-state index contributed by atoms with van der Waals surface area (Å²) in [7, 11) is 0. The van der Waals surface area contributed by atoms with E-state index in [1.165, 1.54) is 40.3 Å². The van der Waals surface area contributed by atoms with Crippen molar-refractivity contribution in [1.82, 2.24) is 19.9 Å². The number of primary amides is 1. The fraction of sp³-hybridized carbons (Fsp3) is 0.143. The number of nitrogens with two attached hydrogens (primary N) is 1. The summed E-state index contributed by atoms with van der Waals surface area (Å²) in [6.45, 7) is -0.0599. The van der Waals surface area contributed by atoms with E-state index in [1.54, 1.807) is 12.3 Å². The molecule has 39 heavy (non-hydrogen) atoms. The predicted molar refractivity (Wildman–Crippen MR) is 146 cm³/mol. The maximum absolute atomic E-state index is 13.6. The van der Waals surface area contributed by atoms with Crippen molar-refractivity contribution in [3.05, 3.63) is 111 Å². The summed E-state index contributed by atoms with van der Waals surface area (Å²) in [5, 5.41) is 3.69. The first kappa shape index (κ1) is 27.4. The van der Waals surface area contributed by atoms with Crippen LogP contribution in [0.15, 0.2) is 78.0 Å². The van der Waals surface area contributed by atoms with Gasteiger partial charge >= 0.3 is 0 Å². The normalized spacial score (nSPS) is 11.6. The van der Waals surface area contributed by atoms with Crippen LogP contribution < -0.4 is 16.6 Å². The number of nitrogens with one attached hydrogen (secondary N) is 2. The minimum absolute atomic E-state index is 0. The number of carbonyl (C=O) groups excluding carboxylic acids is 2. The number of hydrogen-bond acceptors (Lipinski definition) is 5. The number of pyridine rings is 2. The summed E-state index contributed by atoms with van der Waals surface area (Å²) < 4.78 is 28.1. The van der Waals surface area contributed by atoms with Crippen LogP contribution in [0.2, 0.25) is 0 Å². The molecule has 5 rings (SSSR count). The second-order valence-corrected chi connectivity index (χ2v) is 9.72. The SMILES string of the molecule is C.NC(=O)C[C@@H](NC(=O)c1cccn(Cc2ccc(F)c(F)c2)c1=O)c1ccc(-c2c[nH]c3ncccc23)s1. The van der Waals surface area contributed by atoms with Crippen molar-refractivity contribution in [1.29, 1.82) is 0 Å². The number of halogens is 2. The Morgan fingerprint density at radius 2 is 1.92 bits per heavy atom. The second kappa shape index (κ2) is 11.4. The van der Waals surface area contributed by atoms with E-state index < -0.39 is 35.0 Å². The topological polar surface area (TPSA) is 123 Å². The largest absolute Gasteiger partial charge is 0.370 e. The van der Waals surface area contributed by atoms with E-state index in [0.29, 0.717) is 10.4 Å². The summed E-state index contributed by atoms with van der Waals surface area (Å²) in [5.41, 5.74) is 6.70. The molecule has 8 nitrogen and oxygen atoms in total. The average Bonchev–Trinajstić information content (AvgIpc) is 3.54. The van der Waals surface area contributed by atoms with Crippen molar-refractivity contribution < 1.29 is 18.4 Å². The average molecular weight is 550 g/mol. The van der Waals surface area contributed by atoms with Crippen LogP contribution in [0.4, 0.5) is 8.78 Å². The van der Waals surface area contributed by atoms with E-state index in [4.69, 9.17) is 5.73 Å². The van der Waals surface area contributed by atoms with Crippen LogP contribution >= 0.6 is 11.3 Å². The number of H-pyrrole nitrogens is 1. The number of amides is 2.